The average molecular weight is 237 g/mol. The number of carbonyl (C=O) groups is 1. The molecule has 0 aromatic carbocycles. The fourth-order valence-corrected chi connectivity index (χ4v) is 1.54. The standard InChI is InChI=1S/C12H19N3O2/c1-3-4-5-8(2)15-11-10(13)6-9(7-14-11)12(16)17/h6-8H,3-5,13H2,1-2H3,(H,14,15)(H,16,17). The molecule has 94 valence electrons. The summed E-state index contributed by atoms with van der Waals surface area (Å²) in [6.45, 7) is 4.20. The minimum absolute atomic E-state index is 0.106. The van der Waals surface area contributed by atoms with E-state index in [1.165, 1.54) is 12.3 Å². The molecule has 0 aliphatic heterocycles. The van der Waals surface area contributed by atoms with Gasteiger partial charge in [-0.05, 0) is 19.4 Å². The number of pyridine rings is 1. The van der Waals surface area contributed by atoms with E-state index in [4.69, 9.17) is 10.8 Å². The molecule has 0 bridgehead atoms. The maximum Gasteiger partial charge on any atom is 0.337 e. The number of nitrogens with one attached hydrogen (secondary N) is 1. The summed E-state index contributed by atoms with van der Waals surface area (Å²) < 4.78 is 0. The van der Waals surface area contributed by atoms with Crippen molar-refractivity contribution in [2.45, 2.75) is 39.2 Å². The number of carboxylic acids is 1. The first-order valence-corrected chi connectivity index (χ1v) is 5.80. The Morgan fingerprint density at radius 1 is 1.65 bits per heavy atom. The summed E-state index contributed by atoms with van der Waals surface area (Å²) in [5, 5.41) is 12.0. The Kier molecular flexibility index (Phi) is 4.75. The molecule has 1 atom stereocenters. The number of unbranched alkanes of at least 4 members (excludes halogenated alkanes) is 1. The van der Waals surface area contributed by atoms with Crippen LogP contribution in [-0.4, -0.2) is 22.1 Å². The Balaban J connectivity index is 2.69. The van der Waals surface area contributed by atoms with E-state index in [2.05, 4.69) is 24.1 Å². The van der Waals surface area contributed by atoms with Gasteiger partial charge in [0.15, 0.2) is 0 Å². The molecule has 0 saturated heterocycles. The van der Waals surface area contributed by atoms with Crippen LogP contribution in [0.1, 0.15) is 43.5 Å². The molecule has 0 radical (unpaired) electrons. The third-order valence-corrected chi connectivity index (χ3v) is 2.54. The highest BCUT2D eigenvalue weighted by atomic mass is 16.4. The van der Waals surface area contributed by atoms with E-state index in [9.17, 15) is 4.79 Å². The van der Waals surface area contributed by atoms with Crippen molar-refractivity contribution in [2.24, 2.45) is 0 Å². The van der Waals surface area contributed by atoms with E-state index in [0.717, 1.165) is 19.3 Å². The molecule has 0 aliphatic rings. The zero-order valence-electron chi connectivity index (χ0n) is 10.2. The van der Waals surface area contributed by atoms with Gasteiger partial charge in [-0.25, -0.2) is 9.78 Å². The zero-order valence-corrected chi connectivity index (χ0v) is 10.2. The molecule has 0 amide bonds. The van der Waals surface area contributed by atoms with Crippen LogP contribution in [0.4, 0.5) is 11.5 Å². The van der Waals surface area contributed by atoms with Crippen molar-refractivity contribution >= 4 is 17.5 Å². The number of carboxylic acid groups (broad SMARTS) is 1. The van der Waals surface area contributed by atoms with Crippen molar-refractivity contribution in [3.8, 4) is 0 Å². The van der Waals surface area contributed by atoms with Crippen molar-refractivity contribution in [1.29, 1.82) is 0 Å². The molecule has 1 rings (SSSR count). The molecule has 0 fully saturated rings. The zero-order chi connectivity index (χ0) is 12.8. The second-order valence-electron chi connectivity index (χ2n) is 4.15. The lowest BCUT2D eigenvalue weighted by molar-refractivity contribution is 0.0696. The molecule has 5 heteroatoms. The van der Waals surface area contributed by atoms with Gasteiger partial charge in [0.25, 0.3) is 0 Å². The Morgan fingerprint density at radius 2 is 2.35 bits per heavy atom. The van der Waals surface area contributed by atoms with Crippen LogP contribution in [0.2, 0.25) is 0 Å². The molecule has 0 aliphatic carbocycles. The number of rotatable bonds is 6. The van der Waals surface area contributed by atoms with Crippen LogP contribution in [0.15, 0.2) is 12.3 Å². The van der Waals surface area contributed by atoms with Gasteiger partial charge in [0.2, 0.25) is 0 Å². The highest BCUT2D eigenvalue weighted by Gasteiger charge is 2.09. The number of nitrogen functional groups attached to an aromatic ring is 1. The summed E-state index contributed by atoms with van der Waals surface area (Å²) in [4.78, 5) is 14.7. The first-order valence-electron chi connectivity index (χ1n) is 5.80. The van der Waals surface area contributed by atoms with Crippen molar-refractivity contribution in [1.82, 2.24) is 4.98 Å². The summed E-state index contributed by atoms with van der Waals surface area (Å²) in [5.74, 6) is -0.464. The number of nitrogens with zero attached hydrogens (tertiary/aromatic N) is 1. The minimum Gasteiger partial charge on any atom is -0.478 e. The van der Waals surface area contributed by atoms with Gasteiger partial charge in [-0.1, -0.05) is 19.8 Å². The number of aromatic nitrogens is 1. The topological polar surface area (TPSA) is 88.2 Å². The molecule has 1 unspecified atom stereocenters. The number of hydrogen-bond acceptors (Lipinski definition) is 4. The van der Waals surface area contributed by atoms with Gasteiger partial charge in [0, 0.05) is 12.2 Å². The summed E-state index contributed by atoms with van der Waals surface area (Å²) >= 11 is 0. The van der Waals surface area contributed by atoms with Crippen LogP contribution in [0.5, 0.6) is 0 Å². The van der Waals surface area contributed by atoms with E-state index in [-0.39, 0.29) is 11.6 Å². The predicted molar refractivity (Wildman–Crippen MR) is 68.2 cm³/mol. The summed E-state index contributed by atoms with van der Waals surface area (Å²) in [7, 11) is 0. The SMILES string of the molecule is CCCCC(C)Nc1ncc(C(=O)O)cc1N. The fourth-order valence-electron chi connectivity index (χ4n) is 1.54. The lowest BCUT2D eigenvalue weighted by Crippen LogP contribution is -2.17. The van der Waals surface area contributed by atoms with Gasteiger partial charge >= 0.3 is 5.97 Å². The summed E-state index contributed by atoms with van der Waals surface area (Å²) in [5.41, 5.74) is 6.22. The molecular weight excluding hydrogens is 218 g/mol. The maximum atomic E-state index is 10.7. The second kappa shape index (κ2) is 6.08. The fraction of sp³-hybridized carbons (Fsp3) is 0.500. The molecule has 0 spiro atoms. The number of hydrogen-bond donors (Lipinski definition) is 3. The third-order valence-electron chi connectivity index (χ3n) is 2.54. The molecule has 5 nitrogen and oxygen atoms in total. The van der Waals surface area contributed by atoms with Crippen LogP contribution in [0.3, 0.4) is 0 Å². The van der Waals surface area contributed by atoms with E-state index in [1.54, 1.807) is 0 Å². The molecule has 0 saturated carbocycles. The Labute approximate surface area is 101 Å². The van der Waals surface area contributed by atoms with Crippen LogP contribution in [0.25, 0.3) is 0 Å². The molecule has 1 aromatic heterocycles. The van der Waals surface area contributed by atoms with Crippen molar-refractivity contribution < 1.29 is 9.90 Å². The van der Waals surface area contributed by atoms with Gasteiger partial charge in [-0.2, -0.15) is 0 Å². The first kappa shape index (κ1) is 13.3. The Bertz CT molecular complexity index is 393. The molecular formula is C12H19N3O2. The van der Waals surface area contributed by atoms with Crippen LogP contribution < -0.4 is 11.1 Å². The largest absolute Gasteiger partial charge is 0.478 e. The van der Waals surface area contributed by atoms with Crippen molar-refractivity contribution in [2.75, 3.05) is 11.1 Å². The van der Waals surface area contributed by atoms with Crippen LogP contribution in [-0.2, 0) is 0 Å². The number of aromatic carboxylic acids is 1. The lowest BCUT2D eigenvalue weighted by Gasteiger charge is -2.15. The summed E-state index contributed by atoms with van der Waals surface area (Å²) in [6.07, 6.45) is 4.64. The molecule has 4 N–H and O–H groups in total. The maximum absolute atomic E-state index is 10.7. The van der Waals surface area contributed by atoms with Gasteiger partial charge in [0.05, 0.1) is 11.3 Å². The van der Waals surface area contributed by atoms with Gasteiger partial charge in [-0.15, -0.1) is 0 Å². The van der Waals surface area contributed by atoms with Gasteiger partial charge in [-0.3, -0.25) is 0 Å². The minimum atomic E-state index is -1.02. The van der Waals surface area contributed by atoms with Gasteiger partial charge < -0.3 is 16.2 Å². The highest BCUT2D eigenvalue weighted by molar-refractivity contribution is 5.89. The highest BCUT2D eigenvalue weighted by Crippen LogP contribution is 2.18. The van der Waals surface area contributed by atoms with Crippen LogP contribution in [0, 0.1) is 0 Å². The van der Waals surface area contributed by atoms with E-state index in [1.807, 2.05) is 0 Å². The van der Waals surface area contributed by atoms with E-state index < -0.39 is 5.97 Å². The summed E-state index contributed by atoms with van der Waals surface area (Å²) in [6, 6.07) is 1.70. The normalized spacial score (nSPS) is 12.1. The Morgan fingerprint density at radius 3 is 2.88 bits per heavy atom. The second-order valence-corrected chi connectivity index (χ2v) is 4.15. The average Bonchev–Trinajstić information content (AvgIpc) is 2.28. The van der Waals surface area contributed by atoms with E-state index in [0.29, 0.717) is 11.5 Å². The smallest absolute Gasteiger partial charge is 0.337 e. The lowest BCUT2D eigenvalue weighted by atomic mass is 10.1. The van der Waals surface area contributed by atoms with Crippen molar-refractivity contribution in [3.63, 3.8) is 0 Å². The third kappa shape index (κ3) is 3.94. The predicted octanol–water partition coefficient (Wildman–Crippen LogP) is 2.35. The van der Waals surface area contributed by atoms with E-state index >= 15 is 0 Å². The number of nitrogens with two attached hydrogens (primary N) is 1. The van der Waals surface area contributed by atoms with Crippen LogP contribution >= 0.6 is 0 Å². The van der Waals surface area contributed by atoms with Crippen molar-refractivity contribution in [3.05, 3.63) is 17.8 Å². The quantitative estimate of drug-likeness (QED) is 0.706. The first-order chi connectivity index (χ1) is 8.04. The monoisotopic (exact) mass is 237 g/mol. The molecule has 17 heavy (non-hydrogen) atoms. The van der Waals surface area contributed by atoms with Gasteiger partial charge in [0.1, 0.15) is 5.82 Å². The number of anilines is 2. The molecule has 1 aromatic rings. The Hall–Kier alpha value is -1.78. The molecule has 1 heterocycles.